The Labute approximate surface area is 353 Å². The number of rotatable bonds is 12. The van der Waals surface area contributed by atoms with Gasteiger partial charge in [-0.2, -0.15) is 0 Å². The van der Waals surface area contributed by atoms with Crippen molar-refractivity contribution in [2.45, 2.75) is 122 Å². The summed E-state index contributed by atoms with van der Waals surface area (Å²) in [5, 5.41) is 1.13. The van der Waals surface area contributed by atoms with Crippen molar-refractivity contribution in [3.05, 3.63) is 41.1 Å². The zero-order valence-corrected chi connectivity index (χ0v) is 35.9. The minimum absolute atomic E-state index is 0.00410. The number of benzene rings is 1. The van der Waals surface area contributed by atoms with Crippen LogP contribution < -0.4 is 9.47 Å². The third kappa shape index (κ3) is 9.83. The highest BCUT2D eigenvalue weighted by atomic mass is 35.5. The maximum absolute atomic E-state index is 14.8. The fourth-order valence-electron chi connectivity index (χ4n) is 10.3. The quantitative estimate of drug-likeness (QED) is 0.156. The molecule has 3 saturated carbocycles. The fourth-order valence-corrected chi connectivity index (χ4v) is 10.5. The van der Waals surface area contributed by atoms with Crippen molar-refractivity contribution in [2.24, 2.45) is 35.0 Å². The van der Waals surface area contributed by atoms with E-state index in [1.807, 2.05) is 18.2 Å². The zero-order chi connectivity index (χ0) is 41.3. The summed E-state index contributed by atoms with van der Waals surface area (Å²) >= 11 is 7.06. The van der Waals surface area contributed by atoms with E-state index >= 15 is 0 Å². The first-order valence-corrected chi connectivity index (χ1v) is 22.8. The van der Waals surface area contributed by atoms with E-state index in [0.29, 0.717) is 65.7 Å². The highest BCUT2D eigenvalue weighted by Gasteiger charge is 2.58. The van der Waals surface area contributed by atoms with Gasteiger partial charge in [0, 0.05) is 61.0 Å². The Hall–Kier alpha value is -3.54. The fraction of sp³-hybridized carbons (Fsp3) is 0.681. The van der Waals surface area contributed by atoms with Crippen LogP contribution in [-0.2, 0) is 35.1 Å². The molecule has 11 nitrogen and oxygen atoms in total. The number of pyridine rings is 1. The lowest BCUT2D eigenvalue weighted by Gasteiger charge is -2.29. The first-order chi connectivity index (χ1) is 28.5. The lowest BCUT2D eigenvalue weighted by atomic mass is 9.88. The zero-order valence-electron chi connectivity index (χ0n) is 35.1. The van der Waals surface area contributed by atoms with E-state index in [9.17, 15) is 19.2 Å². The molecule has 3 aliphatic carbocycles. The van der Waals surface area contributed by atoms with Gasteiger partial charge in [-0.05, 0) is 94.1 Å². The lowest BCUT2D eigenvalue weighted by molar-refractivity contribution is -0.154. The van der Waals surface area contributed by atoms with E-state index in [0.717, 1.165) is 82.5 Å². The normalized spacial score (nSPS) is 31.8. The summed E-state index contributed by atoms with van der Waals surface area (Å²) in [7, 11) is 0. The van der Waals surface area contributed by atoms with Crippen LogP contribution in [0.3, 0.4) is 0 Å². The highest BCUT2D eigenvalue weighted by molar-refractivity contribution is 6.36. The van der Waals surface area contributed by atoms with Gasteiger partial charge >= 0.3 is 5.97 Å². The number of fused-ring (bicyclic) bond motifs is 4. The molecule has 0 spiro atoms. The Morgan fingerprint density at radius 2 is 1.81 bits per heavy atom. The predicted octanol–water partition coefficient (Wildman–Crippen LogP) is 7.57. The summed E-state index contributed by atoms with van der Waals surface area (Å²) in [4.78, 5) is 64.8. The van der Waals surface area contributed by atoms with E-state index in [1.54, 1.807) is 11.8 Å². The molecule has 0 radical (unpaired) electrons. The number of ketones is 2. The van der Waals surface area contributed by atoms with Gasteiger partial charge in [-0.1, -0.05) is 50.4 Å². The Bertz CT molecular complexity index is 1920. The van der Waals surface area contributed by atoms with Crippen LogP contribution in [0, 0.1) is 35.0 Å². The van der Waals surface area contributed by atoms with Crippen LogP contribution in [0.15, 0.2) is 30.4 Å². The lowest BCUT2D eigenvalue weighted by Crippen LogP contribution is -2.45. The molecule has 8 atom stereocenters. The number of morpholine rings is 1. The number of allylic oxidation sites excluding steroid dienone is 2. The van der Waals surface area contributed by atoms with E-state index in [-0.39, 0.29) is 61.3 Å². The molecule has 2 saturated heterocycles. The number of halogens is 1. The number of ether oxygens (including phenoxy) is 4. The number of hydrogen-bond acceptors (Lipinski definition) is 10. The molecule has 3 aliphatic heterocycles. The minimum atomic E-state index is -0.780. The summed E-state index contributed by atoms with van der Waals surface area (Å²) in [6, 6.07) is 4.95. The van der Waals surface area contributed by atoms with Crippen LogP contribution >= 0.6 is 11.6 Å². The van der Waals surface area contributed by atoms with Crippen molar-refractivity contribution in [1.29, 1.82) is 0 Å². The van der Waals surface area contributed by atoms with Crippen LogP contribution in [0.2, 0.25) is 5.02 Å². The Balaban J connectivity index is 1.05. The topological polar surface area (TPSA) is 125 Å². The molecular formula is C47H62ClN3O8. The number of carbonyl (C=O) groups is 4. The van der Waals surface area contributed by atoms with Gasteiger partial charge in [0.15, 0.2) is 5.78 Å². The largest absolute Gasteiger partial charge is 0.491 e. The second-order valence-corrected chi connectivity index (χ2v) is 19.1. The number of hydrogen-bond donors (Lipinski definition) is 0. The molecule has 4 heterocycles. The number of amides is 1. The Morgan fingerprint density at radius 3 is 2.58 bits per heavy atom. The molecule has 6 aliphatic rings. The van der Waals surface area contributed by atoms with Gasteiger partial charge in [-0.25, -0.2) is 0 Å². The molecule has 1 amide bonds. The molecule has 8 rings (SSSR count). The van der Waals surface area contributed by atoms with Gasteiger partial charge in [0.2, 0.25) is 5.91 Å². The van der Waals surface area contributed by atoms with Crippen LogP contribution in [0.4, 0.5) is 0 Å². The monoisotopic (exact) mass is 831 g/mol. The average molecular weight is 832 g/mol. The van der Waals surface area contributed by atoms with Crippen molar-refractivity contribution in [1.82, 2.24) is 14.8 Å². The maximum Gasteiger partial charge on any atom is 0.306 e. The molecule has 1 unspecified atom stereocenters. The summed E-state index contributed by atoms with van der Waals surface area (Å²) in [5.41, 5.74) is 0.667. The first-order valence-electron chi connectivity index (χ1n) is 22.4. The highest BCUT2D eigenvalue weighted by Crippen LogP contribution is 2.57. The summed E-state index contributed by atoms with van der Waals surface area (Å²) in [6.45, 7) is 10.5. The number of Topliss-reactive ketones (excluding diaryl/α,β-unsaturated/α-hetero) is 2. The van der Waals surface area contributed by atoms with E-state index in [1.165, 1.54) is 6.42 Å². The number of aromatic nitrogens is 1. The van der Waals surface area contributed by atoms with Crippen molar-refractivity contribution in [3.8, 4) is 11.5 Å². The number of carbonyl (C=O) groups excluding carboxylic acids is 4. The van der Waals surface area contributed by atoms with E-state index in [4.69, 9.17) is 35.5 Å². The Morgan fingerprint density at radius 1 is 1.02 bits per heavy atom. The first kappa shape index (κ1) is 42.2. The molecule has 320 valence electrons. The molecule has 59 heavy (non-hydrogen) atoms. The average Bonchev–Trinajstić information content (AvgIpc) is 4.00. The SMILES string of the molecule is CC(=O)[C@]12CC(=O)[C@@H]3C[C@@H](Oc4cc(CC(C)C)nc5c(Cl)c(OCCN6CCOCC6)ccc45)CN3C(=O)[C@@H](CC(=O)OC3C[C@@H]4C[C@@H]4C3)CCCCC/C=C\[C@@H]1C2. The number of esters is 1. The van der Waals surface area contributed by atoms with E-state index in [2.05, 4.69) is 30.9 Å². The molecule has 12 heteroatoms. The third-order valence-electron chi connectivity index (χ3n) is 13.9. The molecule has 5 fully saturated rings. The van der Waals surface area contributed by atoms with Crippen molar-refractivity contribution >= 4 is 45.9 Å². The molecule has 0 N–H and O–H groups in total. The minimum Gasteiger partial charge on any atom is -0.491 e. The van der Waals surface area contributed by atoms with Gasteiger partial charge in [0.05, 0.1) is 37.7 Å². The molecule has 0 bridgehead atoms. The van der Waals surface area contributed by atoms with Gasteiger partial charge in [0.1, 0.15) is 41.1 Å². The number of nitrogens with zero attached hydrogens (tertiary/aromatic N) is 3. The van der Waals surface area contributed by atoms with Gasteiger partial charge in [-0.15, -0.1) is 0 Å². The molecular weight excluding hydrogens is 770 g/mol. The second kappa shape index (κ2) is 18.2. The van der Waals surface area contributed by atoms with Gasteiger partial charge in [0.25, 0.3) is 0 Å². The van der Waals surface area contributed by atoms with Gasteiger partial charge < -0.3 is 23.8 Å². The summed E-state index contributed by atoms with van der Waals surface area (Å²) in [6.07, 6.45) is 12.5. The van der Waals surface area contributed by atoms with Crippen LogP contribution in [0.25, 0.3) is 10.9 Å². The van der Waals surface area contributed by atoms with Crippen molar-refractivity contribution in [2.75, 3.05) is 46.0 Å². The third-order valence-corrected chi connectivity index (χ3v) is 14.2. The van der Waals surface area contributed by atoms with Crippen molar-refractivity contribution in [3.63, 3.8) is 0 Å². The van der Waals surface area contributed by atoms with Crippen molar-refractivity contribution < 1.29 is 38.1 Å². The summed E-state index contributed by atoms with van der Waals surface area (Å²) < 4.78 is 24.5. The van der Waals surface area contributed by atoms with Crippen LogP contribution in [-0.4, -0.2) is 102 Å². The summed E-state index contributed by atoms with van der Waals surface area (Å²) in [5.74, 6) is 1.58. The Kier molecular flexibility index (Phi) is 13.0. The van der Waals surface area contributed by atoms with Crippen LogP contribution in [0.1, 0.15) is 104 Å². The van der Waals surface area contributed by atoms with Gasteiger partial charge in [-0.3, -0.25) is 29.1 Å². The molecule has 2 aromatic rings. The molecule has 1 aromatic heterocycles. The van der Waals surface area contributed by atoms with Crippen LogP contribution in [0.5, 0.6) is 11.5 Å². The maximum atomic E-state index is 14.8. The smallest absolute Gasteiger partial charge is 0.306 e. The standard InChI is InChI=1S/C47H62ClN3O8/c1-29(2)19-35-24-42(38-11-12-41(44(48)45(38)49-35)57-18-15-50-13-16-56-17-14-50)58-37-25-39-40(53)27-47(30(3)52)26-34(47)10-8-6-4-5-7-9-31(46(55)51(39)28-37)23-43(54)59-36-21-32-20-33(32)22-36/h8,10-12,24,29,31-34,36-37,39H,4-7,9,13-23,25-28H2,1-3H3/b10-8-/t31-,32-,33+,34-,36?,37-,39+,47+/m1/s1. The second-order valence-electron chi connectivity index (χ2n) is 18.7. The molecule has 1 aromatic carbocycles. The predicted molar refractivity (Wildman–Crippen MR) is 224 cm³/mol. The van der Waals surface area contributed by atoms with E-state index < -0.39 is 23.5 Å².